The second kappa shape index (κ2) is 5.26. The third-order valence-corrected chi connectivity index (χ3v) is 3.80. The first-order valence-electron chi connectivity index (χ1n) is 6.72. The van der Waals surface area contributed by atoms with Crippen LogP contribution in [0.4, 0.5) is 5.69 Å². The molecule has 3 nitrogen and oxygen atoms in total. The molecule has 0 saturated heterocycles. The van der Waals surface area contributed by atoms with E-state index in [1.807, 2.05) is 31.2 Å². The van der Waals surface area contributed by atoms with E-state index in [4.69, 9.17) is 21.8 Å². The molecular weight excluding hydrogens is 286 g/mol. The Morgan fingerprint density at radius 1 is 1.14 bits per heavy atom. The van der Waals surface area contributed by atoms with Crippen LogP contribution in [0.1, 0.15) is 28.6 Å². The van der Waals surface area contributed by atoms with Gasteiger partial charge in [0.15, 0.2) is 0 Å². The van der Waals surface area contributed by atoms with Crippen molar-refractivity contribution in [2.45, 2.75) is 13.3 Å². The highest BCUT2D eigenvalue weighted by Gasteiger charge is 2.24. The standard InChI is InChI=1S/C17H14ClNO2/c1-2-13-15(10-6-3-4-9-14(10)21-13)17(20)16-11(18)7-5-8-12(16)19/h3-9H,2,19H2,1H3. The number of furan rings is 1. The first-order valence-corrected chi connectivity index (χ1v) is 7.10. The summed E-state index contributed by atoms with van der Waals surface area (Å²) in [5, 5.41) is 1.14. The van der Waals surface area contributed by atoms with Crippen molar-refractivity contribution in [2.75, 3.05) is 5.73 Å². The second-order valence-corrected chi connectivity index (χ2v) is 5.19. The molecule has 0 amide bonds. The van der Waals surface area contributed by atoms with Gasteiger partial charge in [-0.3, -0.25) is 4.79 Å². The Balaban J connectivity index is 2.27. The van der Waals surface area contributed by atoms with Crippen molar-refractivity contribution in [1.82, 2.24) is 0 Å². The summed E-state index contributed by atoms with van der Waals surface area (Å²) in [7, 11) is 0. The number of carbonyl (C=O) groups is 1. The quantitative estimate of drug-likeness (QED) is 0.574. The van der Waals surface area contributed by atoms with Crippen molar-refractivity contribution < 1.29 is 9.21 Å². The highest BCUT2D eigenvalue weighted by Crippen LogP contribution is 2.32. The third kappa shape index (κ3) is 2.20. The lowest BCUT2D eigenvalue weighted by molar-refractivity contribution is 0.103. The lowest BCUT2D eigenvalue weighted by Gasteiger charge is -2.07. The maximum atomic E-state index is 12.9. The molecule has 0 fully saturated rings. The van der Waals surface area contributed by atoms with Crippen LogP contribution in [0.15, 0.2) is 46.9 Å². The molecule has 2 N–H and O–H groups in total. The minimum atomic E-state index is -0.195. The van der Waals surface area contributed by atoms with Crippen LogP contribution in [0, 0.1) is 0 Å². The number of anilines is 1. The van der Waals surface area contributed by atoms with Crippen molar-refractivity contribution in [3.8, 4) is 0 Å². The van der Waals surface area contributed by atoms with Gasteiger partial charge in [0, 0.05) is 17.5 Å². The summed E-state index contributed by atoms with van der Waals surface area (Å²) in [6.45, 7) is 1.95. The Bertz CT molecular complexity index is 816. The van der Waals surface area contributed by atoms with Gasteiger partial charge >= 0.3 is 0 Å². The number of para-hydroxylation sites is 1. The molecule has 0 unspecified atom stereocenters. The molecule has 3 aromatic rings. The largest absolute Gasteiger partial charge is 0.460 e. The number of hydrogen-bond acceptors (Lipinski definition) is 3. The molecular formula is C17H14ClNO2. The lowest BCUT2D eigenvalue weighted by atomic mass is 9.98. The summed E-state index contributed by atoms with van der Waals surface area (Å²) in [6.07, 6.45) is 0.625. The van der Waals surface area contributed by atoms with Gasteiger partial charge in [0.2, 0.25) is 5.78 Å². The van der Waals surface area contributed by atoms with Crippen LogP contribution in [0.25, 0.3) is 11.0 Å². The number of hydrogen-bond donors (Lipinski definition) is 1. The number of carbonyl (C=O) groups excluding carboxylic acids is 1. The number of aryl methyl sites for hydroxylation is 1. The van der Waals surface area contributed by atoms with Crippen molar-refractivity contribution >= 4 is 34.0 Å². The van der Waals surface area contributed by atoms with Crippen molar-refractivity contribution in [2.24, 2.45) is 0 Å². The second-order valence-electron chi connectivity index (χ2n) is 4.78. The molecule has 0 aliphatic rings. The van der Waals surface area contributed by atoms with Crippen molar-refractivity contribution in [1.29, 1.82) is 0 Å². The number of ketones is 1. The minimum absolute atomic E-state index is 0.195. The van der Waals surface area contributed by atoms with Gasteiger partial charge in [-0.15, -0.1) is 0 Å². The summed E-state index contributed by atoms with van der Waals surface area (Å²) in [5.41, 5.74) is 7.88. The first-order chi connectivity index (χ1) is 10.1. The van der Waals surface area contributed by atoms with E-state index in [0.29, 0.717) is 39.6 Å². The van der Waals surface area contributed by atoms with Crippen LogP contribution in [0.3, 0.4) is 0 Å². The number of nitrogens with two attached hydrogens (primary N) is 1. The van der Waals surface area contributed by atoms with Gasteiger partial charge in [0.25, 0.3) is 0 Å². The van der Waals surface area contributed by atoms with Crippen LogP contribution < -0.4 is 5.73 Å². The predicted octanol–water partition coefficient (Wildman–Crippen LogP) is 4.46. The van der Waals surface area contributed by atoms with Gasteiger partial charge in [-0.05, 0) is 18.2 Å². The fourth-order valence-electron chi connectivity index (χ4n) is 2.50. The first kappa shape index (κ1) is 13.7. The molecule has 4 heteroatoms. The molecule has 0 atom stereocenters. The molecule has 106 valence electrons. The van der Waals surface area contributed by atoms with E-state index >= 15 is 0 Å². The molecule has 0 aliphatic carbocycles. The highest BCUT2D eigenvalue weighted by atomic mass is 35.5. The van der Waals surface area contributed by atoms with Crippen molar-refractivity contribution in [3.63, 3.8) is 0 Å². The molecule has 3 rings (SSSR count). The van der Waals surface area contributed by atoms with E-state index in [2.05, 4.69) is 0 Å². The van der Waals surface area contributed by atoms with E-state index < -0.39 is 0 Å². The molecule has 0 aliphatic heterocycles. The Morgan fingerprint density at radius 3 is 2.62 bits per heavy atom. The number of rotatable bonds is 3. The Kier molecular flexibility index (Phi) is 3.43. The van der Waals surface area contributed by atoms with E-state index in [1.165, 1.54) is 0 Å². The average molecular weight is 300 g/mol. The lowest BCUT2D eigenvalue weighted by Crippen LogP contribution is -2.07. The highest BCUT2D eigenvalue weighted by molar-refractivity contribution is 6.36. The summed E-state index contributed by atoms with van der Waals surface area (Å²) in [5.74, 6) is 0.459. The molecule has 1 aromatic heterocycles. The molecule has 1 heterocycles. The average Bonchev–Trinajstić information content (AvgIpc) is 2.85. The molecule has 0 saturated carbocycles. The monoisotopic (exact) mass is 299 g/mol. The Labute approximate surface area is 127 Å². The Morgan fingerprint density at radius 2 is 1.90 bits per heavy atom. The van der Waals surface area contributed by atoms with E-state index in [9.17, 15) is 4.79 Å². The van der Waals surface area contributed by atoms with Gasteiger partial charge < -0.3 is 10.2 Å². The van der Waals surface area contributed by atoms with Crippen molar-refractivity contribution in [3.05, 3.63) is 64.4 Å². The van der Waals surface area contributed by atoms with Gasteiger partial charge in [-0.25, -0.2) is 0 Å². The number of benzene rings is 2. The van der Waals surface area contributed by atoms with Crippen LogP contribution in [0.5, 0.6) is 0 Å². The number of nitrogen functional groups attached to an aromatic ring is 1. The molecule has 21 heavy (non-hydrogen) atoms. The van der Waals surface area contributed by atoms with Crippen LogP contribution in [0.2, 0.25) is 5.02 Å². The third-order valence-electron chi connectivity index (χ3n) is 3.49. The van der Waals surface area contributed by atoms with Gasteiger partial charge in [-0.2, -0.15) is 0 Å². The summed E-state index contributed by atoms with van der Waals surface area (Å²) < 4.78 is 5.77. The summed E-state index contributed by atoms with van der Waals surface area (Å²) in [4.78, 5) is 12.9. The predicted molar refractivity (Wildman–Crippen MR) is 84.9 cm³/mol. The fourth-order valence-corrected chi connectivity index (χ4v) is 2.77. The fraction of sp³-hybridized carbons (Fsp3) is 0.118. The smallest absolute Gasteiger partial charge is 0.200 e. The summed E-state index contributed by atoms with van der Waals surface area (Å²) >= 11 is 6.16. The number of halogens is 1. The zero-order valence-corrected chi connectivity index (χ0v) is 12.3. The van der Waals surface area contributed by atoms with Gasteiger partial charge in [-0.1, -0.05) is 42.8 Å². The zero-order chi connectivity index (χ0) is 15.0. The van der Waals surface area contributed by atoms with E-state index in [-0.39, 0.29) is 5.78 Å². The summed E-state index contributed by atoms with van der Waals surface area (Å²) in [6, 6.07) is 12.5. The van der Waals surface area contributed by atoms with E-state index in [0.717, 1.165) is 5.39 Å². The zero-order valence-electron chi connectivity index (χ0n) is 11.5. The maximum Gasteiger partial charge on any atom is 0.200 e. The molecule has 2 aromatic carbocycles. The molecule has 0 radical (unpaired) electrons. The normalized spacial score (nSPS) is 11.0. The maximum absolute atomic E-state index is 12.9. The van der Waals surface area contributed by atoms with E-state index in [1.54, 1.807) is 18.2 Å². The SMILES string of the molecule is CCc1oc2ccccc2c1C(=O)c1c(N)cccc1Cl. The molecule has 0 spiro atoms. The topological polar surface area (TPSA) is 56.2 Å². The van der Waals surface area contributed by atoms with Gasteiger partial charge in [0.1, 0.15) is 11.3 Å². The molecule has 0 bridgehead atoms. The van der Waals surface area contributed by atoms with Crippen LogP contribution in [-0.4, -0.2) is 5.78 Å². The minimum Gasteiger partial charge on any atom is -0.460 e. The van der Waals surface area contributed by atoms with Crippen LogP contribution >= 0.6 is 11.6 Å². The van der Waals surface area contributed by atoms with Gasteiger partial charge in [0.05, 0.1) is 16.1 Å². The Hall–Kier alpha value is -2.26. The number of fused-ring (bicyclic) bond motifs is 1. The van der Waals surface area contributed by atoms with Crippen LogP contribution in [-0.2, 0) is 6.42 Å².